The molecular weight excluding hydrogens is 619 g/mol. The third-order valence-electron chi connectivity index (χ3n) is 7.53. The lowest BCUT2D eigenvalue weighted by molar-refractivity contribution is -0.161. The van der Waals surface area contributed by atoms with Crippen molar-refractivity contribution < 1.29 is 33.0 Å². The normalized spacial score (nSPS) is 13.5. The largest absolute Gasteiger partial charge is 0.462 e. The average molecular weight is 684 g/mol. The Hall–Kier alpha value is -0.430. The molecule has 0 spiro atoms. The lowest BCUT2D eigenvalue weighted by Gasteiger charge is -2.20. The zero-order valence-electron chi connectivity index (χ0n) is 27.1. The van der Waals surface area contributed by atoms with Crippen LogP contribution in [0.4, 0.5) is 0 Å². The maximum absolute atomic E-state index is 12.4. The molecule has 0 heterocycles. The van der Waals surface area contributed by atoms with E-state index in [0.29, 0.717) is 11.8 Å². The Kier molecular flexibility index (Phi) is 30.3. The van der Waals surface area contributed by atoms with Crippen LogP contribution in [0.1, 0.15) is 168 Å². The Morgan fingerprint density at radius 3 is 1.40 bits per heavy atom. The van der Waals surface area contributed by atoms with Crippen LogP contribution < -0.4 is 0 Å². The van der Waals surface area contributed by atoms with Crippen LogP contribution in [0.25, 0.3) is 0 Å². The predicted molar refractivity (Wildman–Crippen MR) is 177 cm³/mol. The van der Waals surface area contributed by atoms with Gasteiger partial charge >= 0.3 is 19.5 Å². The van der Waals surface area contributed by atoms with E-state index in [2.05, 4.69) is 29.8 Å². The number of carbonyl (C=O) groups excluding carboxylic acids is 2. The Bertz CT molecular complexity index is 677. The van der Waals surface area contributed by atoms with Crippen LogP contribution >= 0.6 is 23.5 Å². The zero-order valence-corrected chi connectivity index (χ0v) is 29.6. The Labute approximate surface area is 266 Å². The van der Waals surface area contributed by atoms with E-state index in [1.54, 1.807) is 0 Å². The van der Waals surface area contributed by atoms with Crippen molar-refractivity contribution >= 4 is 35.5 Å². The van der Waals surface area contributed by atoms with Gasteiger partial charge in [0.2, 0.25) is 0 Å². The molecule has 250 valence electrons. The smallest absolute Gasteiger partial charge is 0.329 e. The number of ether oxygens (including phenoxy) is 2. The van der Waals surface area contributed by atoms with Crippen molar-refractivity contribution in [3.05, 3.63) is 0 Å². The van der Waals surface area contributed by atoms with E-state index >= 15 is 0 Å². The molecule has 1 unspecified atom stereocenters. The van der Waals surface area contributed by atoms with Gasteiger partial charge in [-0.15, -0.1) is 0 Å². The Morgan fingerprint density at radius 2 is 1.00 bits per heavy atom. The van der Waals surface area contributed by atoms with E-state index in [4.69, 9.17) is 14.0 Å². The minimum atomic E-state index is -3.81. The molecule has 0 aromatic heterocycles. The number of esters is 2. The number of rotatable bonds is 32. The first-order valence-corrected chi connectivity index (χ1v) is 20.1. The third kappa shape index (κ3) is 29.6. The van der Waals surface area contributed by atoms with Crippen molar-refractivity contribution in [2.45, 2.75) is 174 Å². The van der Waals surface area contributed by atoms with Crippen LogP contribution in [0.5, 0.6) is 0 Å². The van der Waals surface area contributed by atoms with Crippen molar-refractivity contribution in [2.75, 3.05) is 24.7 Å². The lowest BCUT2D eigenvalue weighted by Crippen LogP contribution is -2.29. The van der Waals surface area contributed by atoms with E-state index in [1.165, 1.54) is 103 Å². The molecular formula is C33H64BrO7P. The van der Waals surface area contributed by atoms with Gasteiger partial charge in [-0.3, -0.25) is 14.2 Å². The van der Waals surface area contributed by atoms with Crippen molar-refractivity contribution in [2.24, 2.45) is 0 Å². The first-order valence-electron chi connectivity index (χ1n) is 17.2. The summed E-state index contributed by atoms with van der Waals surface area (Å²) in [6, 6.07) is 0. The van der Waals surface area contributed by atoms with Gasteiger partial charge in [0.1, 0.15) is 6.61 Å². The van der Waals surface area contributed by atoms with Gasteiger partial charge in [-0.1, -0.05) is 158 Å². The van der Waals surface area contributed by atoms with Gasteiger partial charge < -0.3 is 18.9 Å². The van der Waals surface area contributed by atoms with Crippen LogP contribution in [0, 0.1) is 0 Å². The van der Waals surface area contributed by atoms with E-state index in [0.717, 1.165) is 38.5 Å². The molecule has 9 heteroatoms. The molecule has 42 heavy (non-hydrogen) atoms. The SMILES string of the molecule is CCCCCCCCCCCCCC(=O)OC[C@H](COP(=O)(O)CCBr)OC(=O)CCCCCCCCCCCCC. The van der Waals surface area contributed by atoms with Crippen LogP contribution in [0.15, 0.2) is 0 Å². The molecule has 0 radical (unpaired) electrons. The minimum absolute atomic E-state index is 0.0505. The molecule has 0 aliphatic rings. The quantitative estimate of drug-likeness (QED) is 0.0326. The summed E-state index contributed by atoms with van der Waals surface area (Å²) in [5, 5.41) is 0.317. The fraction of sp³-hybridized carbons (Fsp3) is 0.939. The Morgan fingerprint density at radius 1 is 0.619 bits per heavy atom. The average Bonchev–Trinajstić information content (AvgIpc) is 2.96. The zero-order chi connectivity index (χ0) is 31.2. The molecule has 0 rings (SSSR count). The minimum Gasteiger partial charge on any atom is -0.462 e. The second-order valence-corrected chi connectivity index (χ2v) is 14.5. The van der Waals surface area contributed by atoms with Crippen LogP contribution in [-0.4, -0.2) is 47.6 Å². The van der Waals surface area contributed by atoms with Gasteiger partial charge in [-0.05, 0) is 12.8 Å². The topological polar surface area (TPSA) is 99.1 Å². The van der Waals surface area contributed by atoms with E-state index in [-0.39, 0.29) is 31.8 Å². The van der Waals surface area contributed by atoms with Crippen LogP contribution in [0.3, 0.4) is 0 Å². The third-order valence-corrected chi connectivity index (χ3v) is 9.88. The lowest BCUT2D eigenvalue weighted by atomic mass is 10.1. The van der Waals surface area contributed by atoms with Crippen molar-refractivity contribution in [3.8, 4) is 0 Å². The molecule has 0 aliphatic carbocycles. The highest BCUT2D eigenvalue weighted by atomic mass is 79.9. The van der Waals surface area contributed by atoms with Crippen LogP contribution in [0.2, 0.25) is 0 Å². The summed E-state index contributed by atoms with van der Waals surface area (Å²) in [6.45, 7) is 4.02. The molecule has 0 fully saturated rings. The van der Waals surface area contributed by atoms with Crippen molar-refractivity contribution in [3.63, 3.8) is 0 Å². The summed E-state index contributed by atoms with van der Waals surface area (Å²) in [5.74, 6) is -0.737. The summed E-state index contributed by atoms with van der Waals surface area (Å²) in [4.78, 5) is 34.6. The highest BCUT2D eigenvalue weighted by Gasteiger charge is 2.24. The second-order valence-electron chi connectivity index (χ2n) is 11.7. The molecule has 0 saturated carbocycles. The summed E-state index contributed by atoms with van der Waals surface area (Å²) in [5.41, 5.74) is 0. The van der Waals surface area contributed by atoms with Gasteiger partial charge in [0.05, 0.1) is 12.8 Å². The maximum Gasteiger partial charge on any atom is 0.329 e. The van der Waals surface area contributed by atoms with Crippen molar-refractivity contribution in [1.82, 2.24) is 0 Å². The fourth-order valence-electron chi connectivity index (χ4n) is 4.86. The molecule has 7 nitrogen and oxygen atoms in total. The van der Waals surface area contributed by atoms with E-state index in [1.807, 2.05) is 0 Å². The van der Waals surface area contributed by atoms with Gasteiger partial charge in [0.25, 0.3) is 0 Å². The molecule has 0 aromatic rings. The number of unbranched alkanes of at least 4 members (excludes halogenated alkanes) is 20. The summed E-state index contributed by atoms with van der Waals surface area (Å²) in [7, 11) is -3.81. The number of hydrogen-bond donors (Lipinski definition) is 1. The van der Waals surface area contributed by atoms with Gasteiger partial charge in [-0.25, -0.2) is 0 Å². The van der Waals surface area contributed by atoms with E-state index in [9.17, 15) is 19.0 Å². The van der Waals surface area contributed by atoms with Gasteiger partial charge in [-0.2, -0.15) is 0 Å². The highest BCUT2D eigenvalue weighted by Crippen LogP contribution is 2.42. The van der Waals surface area contributed by atoms with Gasteiger partial charge in [0.15, 0.2) is 6.10 Å². The summed E-state index contributed by atoms with van der Waals surface area (Å²) in [6.07, 6.45) is 26.0. The fourth-order valence-corrected chi connectivity index (χ4v) is 6.94. The molecule has 0 bridgehead atoms. The number of carbonyl (C=O) groups is 2. The monoisotopic (exact) mass is 682 g/mol. The summed E-state index contributed by atoms with van der Waals surface area (Å²) >= 11 is 3.14. The highest BCUT2D eigenvalue weighted by molar-refractivity contribution is 9.09. The molecule has 2 atom stereocenters. The molecule has 0 aromatic carbocycles. The maximum atomic E-state index is 12.4. The standard InChI is InChI=1S/C33H64BrO7P/c1-3-5-7-9-11-13-15-17-19-21-23-25-32(35)39-29-31(30-40-42(37,38)28-27-34)41-33(36)26-24-22-20-18-16-14-12-10-8-6-4-2/h31H,3-30H2,1-2H3,(H,37,38)/t31-/m1/s1. The molecule has 0 aliphatic heterocycles. The van der Waals surface area contributed by atoms with Crippen molar-refractivity contribution in [1.29, 1.82) is 0 Å². The number of alkyl halides is 1. The van der Waals surface area contributed by atoms with E-state index < -0.39 is 19.7 Å². The van der Waals surface area contributed by atoms with Gasteiger partial charge in [0, 0.05) is 18.2 Å². The number of halogens is 1. The molecule has 0 saturated heterocycles. The first kappa shape index (κ1) is 41.6. The Balaban J connectivity index is 4.18. The van der Waals surface area contributed by atoms with Crippen LogP contribution in [-0.2, 0) is 28.2 Å². The first-order chi connectivity index (χ1) is 20.3. The molecule has 0 amide bonds. The second kappa shape index (κ2) is 30.6. The predicted octanol–water partition coefficient (Wildman–Crippen LogP) is 10.4. The number of hydrogen-bond acceptors (Lipinski definition) is 6. The summed E-state index contributed by atoms with van der Waals surface area (Å²) < 4.78 is 28.1. The molecule has 1 N–H and O–H groups in total.